The second kappa shape index (κ2) is 1.87. The Labute approximate surface area is 63.3 Å². The summed E-state index contributed by atoms with van der Waals surface area (Å²) in [5.41, 5.74) is 2.20. The van der Waals surface area contributed by atoms with Crippen LogP contribution < -0.4 is 0 Å². The molecule has 0 heteroatoms. The number of hydrogen-bond donors (Lipinski definition) is 0. The van der Waals surface area contributed by atoms with Crippen molar-refractivity contribution in [3.63, 3.8) is 0 Å². The van der Waals surface area contributed by atoms with E-state index in [2.05, 4.69) is 13.5 Å². The van der Waals surface area contributed by atoms with Crippen LogP contribution >= 0.6 is 0 Å². The normalized spacial score (nSPS) is 46.1. The smallest absolute Gasteiger partial charge is 0.0205 e. The molecule has 0 aromatic rings. The topological polar surface area (TPSA) is 0 Å². The van der Waals surface area contributed by atoms with Crippen LogP contribution in [0.15, 0.2) is 12.2 Å². The molecule has 3 saturated carbocycles. The molecule has 0 amide bonds. The van der Waals surface area contributed by atoms with Crippen molar-refractivity contribution in [3.8, 4) is 0 Å². The van der Waals surface area contributed by atoms with Gasteiger partial charge in [0, 0.05) is 0 Å². The van der Waals surface area contributed by atoms with Crippen molar-refractivity contribution in [1.29, 1.82) is 0 Å². The first kappa shape index (κ1) is 6.45. The zero-order chi connectivity index (χ0) is 7.19. The zero-order valence-electron chi connectivity index (χ0n) is 6.82. The van der Waals surface area contributed by atoms with E-state index < -0.39 is 0 Å². The van der Waals surface area contributed by atoms with E-state index in [9.17, 15) is 0 Å². The van der Waals surface area contributed by atoms with Gasteiger partial charge in [-0.2, -0.15) is 0 Å². The number of rotatable bonds is 0. The van der Waals surface area contributed by atoms with E-state index >= 15 is 0 Å². The van der Waals surface area contributed by atoms with Gasteiger partial charge in [-0.05, 0) is 43.4 Å². The molecule has 3 aliphatic rings. The first-order valence-electron chi connectivity index (χ1n) is 4.37. The summed E-state index contributed by atoms with van der Waals surface area (Å²) in [5.74, 6) is 0.904. The second-order valence-corrected chi connectivity index (χ2v) is 4.42. The maximum absolute atomic E-state index is 4.14. The summed E-state index contributed by atoms with van der Waals surface area (Å²) in [6, 6.07) is 0. The third-order valence-electron chi connectivity index (χ3n) is 3.42. The summed E-state index contributed by atoms with van der Waals surface area (Å²) in [6.07, 6.45) is 7.08. The molecule has 10 heavy (non-hydrogen) atoms. The van der Waals surface area contributed by atoms with Crippen molar-refractivity contribution in [1.82, 2.24) is 0 Å². The molecule has 0 N–H and O–H groups in total. The summed E-state index contributed by atoms with van der Waals surface area (Å²) in [5, 5.41) is 0. The van der Waals surface area contributed by atoms with Crippen molar-refractivity contribution >= 4 is 0 Å². The molecule has 2 bridgehead atoms. The summed E-state index contributed by atoms with van der Waals surface area (Å²) < 4.78 is 0. The Bertz CT molecular complexity index is 159. The Morgan fingerprint density at radius 1 is 1.40 bits per heavy atom. The molecule has 3 fully saturated rings. The van der Waals surface area contributed by atoms with Gasteiger partial charge in [0.15, 0.2) is 0 Å². The predicted octanol–water partition coefficient (Wildman–Crippen LogP) is 3.14. The van der Waals surface area contributed by atoms with E-state index in [4.69, 9.17) is 0 Å². The molecule has 0 aromatic carbocycles. The lowest BCUT2D eigenvalue weighted by molar-refractivity contribution is 0.133. The van der Waals surface area contributed by atoms with Crippen molar-refractivity contribution < 1.29 is 0 Å². The summed E-state index contributed by atoms with van der Waals surface area (Å²) in [7, 11) is 0. The van der Waals surface area contributed by atoms with Crippen LogP contribution in [0.25, 0.3) is 0 Å². The van der Waals surface area contributed by atoms with Gasteiger partial charge in [-0.3, -0.25) is 0 Å². The minimum atomic E-state index is 0.659. The molecule has 0 aromatic heterocycles. The van der Waals surface area contributed by atoms with E-state index in [1.165, 1.54) is 32.1 Å². The Kier molecular flexibility index (Phi) is 1.21. The summed E-state index contributed by atoms with van der Waals surface area (Å²) in [6.45, 7) is 6.57. The van der Waals surface area contributed by atoms with Gasteiger partial charge in [0.25, 0.3) is 0 Å². The van der Waals surface area contributed by atoms with Gasteiger partial charge in [-0.15, -0.1) is 0 Å². The number of fused-ring (bicyclic) bond motifs is 3. The summed E-state index contributed by atoms with van der Waals surface area (Å²) in [4.78, 5) is 0. The molecule has 0 unspecified atom stereocenters. The van der Waals surface area contributed by atoms with Gasteiger partial charge < -0.3 is 0 Å². The van der Waals surface area contributed by atoms with Crippen molar-refractivity contribution in [2.24, 2.45) is 11.3 Å². The van der Waals surface area contributed by atoms with E-state index in [0.717, 1.165) is 5.92 Å². The molecule has 0 saturated heterocycles. The molecule has 56 valence electrons. The van der Waals surface area contributed by atoms with Gasteiger partial charge in [-0.25, -0.2) is 0 Å². The van der Waals surface area contributed by atoms with Crippen LogP contribution in [0.1, 0.15) is 39.0 Å². The molecular weight excluding hydrogens is 120 g/mol. The van der Waals surface area contributed by atoms with Gasteiger partial charge in [-0.1, -0.05) is 19.1 Å². The predicted molar refractivity (Wildman–Crippen MR) is 43.8 cm³/mol. The minimum absolute atomic E-state index is 0.659. The highest BCUT2D eigenvalue weighted by Gasteiger charge is 2.38. The maximum Gasteiger partial charge on any atom is -0.0205 e. The summed E-state index contributed by atoms with van der Waals surface area (Å²) >= 11 is 0. The maximum atomic E-state index is 4.14. The van der Waals surface area contributed by atoms with Crippen LogP contribution in [0.2, 0.25) is 0 Å². The molecule has 0 spiro atoms. The monoisotopic (exact) mass is 136 g/mol. The van der Waals surface area contributed by atoms with E-state index in [0.29, 0.717) is 5.41 Å². The highest BCUT2D eigenvalue weighted by Crippen LogP contribution is 2.51. The zero-order valence-corrected chi connectivity index (χ0v) is 6.82. The Balaban J connectivity index is 2.22. The lowest BCUT2D eigenvalue weighted by Gasteiger charge is -2.45. The average Bonchev–Trinajstić information content (AvgIpc) is 1.87. The van der Waals surface area contributed by atoms with Crippen LogP contribution in [0.3, 0.4) is 0 Å². The van der Waals surface area contributed by atoms with Gasteiger partial charge >= 0.3 is 0 Å². The van der Waals surface area contributed by atoms with Gasteiger partial charge in [0.05, 0.1) is 0 Å². The van der Waals surface area contributed by atoms with Crippen LogP contribution in [-0.4, -0.2) is 0 Å². The fraction of sp³-hybridized carbons (Fsp3) is 0.800. The van der Waals surface area contributed by atoms with Gasteiger partial charge in [0.2, 0.25) is 0 Å². The van der Waals surface area contributed by atoms with Crippen molar-refractivity contribution in [3.05, 3.63) is 12.2 Å². The molecular formula is C10H16. The van der Waals surface area contributed by atoms with Crippen LogP contribution in [-0.2, 0) is 0 Å². The lowest BCUT2D eigenvalue weighted by Crippen LogP contribution is -2.32. The Morgan fingerprint density at radius 3 is 2.30 bits per heavy atom. The third kappa shape index (κ3) is 0.817. The van der Waals surface area contributed by atoms with Gasteiger partial charge in [0.1, 0.15) is 0 Å². The number of allylic oxidation sites excluding steroid dienone is 1. The lowest BCUT2D eigenvalue weighted by atomic mass is 9.60. The third-order valence-corrected chi connectivity index (χ3v) is 3.42. The number of hydrogen-bond acceptors (Lipinski definition) is 0. The van der Waals surface area contributed by atoms with Crippen LogP contribution in [0.4, 0.5) is 0 Å². The highest BCUT2D eigenvalue weighted by atomic mass is 14.4. The fourth-order valence-corrected chi connectivity index (χ4v) is 2.59. The first-order valence-corrected chi connectivity index (χ1v) is 4.37. The molecule has 0 nitrogen and oxygen atoms in total. The van der Waals surface area contributed by atoms with Crippen molar-refractivity contribution in [2.75, 3.05) is 0 Å². The average molecular weight is 136 g/mol. The first-order chi connectivity index (χ1) is 4.70. The highest BCUT2D eigenvalue weighted by molar-refractivity contribution is 5.12. The quantitative estimate of drug-likeness (QED) is 0.449. The molecule has 3 rings (SSSR count). The molecule has 0 heterocycles. The Hall–Kier alpha value is -0.260. The van der Waals surface area contributed by atoms with E-state index in [1.807, 2.05) is 0 Å². The van der Waals surface area contributed by atoms with Crippen molar-refractivity contribution in [2.45, 2.75) is 39.0 Å². The SMILES string of the molecule is C=C1CC2(C)CCC1CC2. The van der Waals surface area contributed by atoms with E-state index in [-0.39, 0.29) is 0 Å². The van der Waals surface area contributed by atoms with E-state index in [1.54, 1.807) is 5.57 Å². The van der Waals surface area contributed by atoms with Crippen LogP contribution in [0, 0.1) is 11.3 Å². The Morgan fingerprint density at radius 2 is 2.00 bits per heavy atom. The molecule has 0 atom stereocenters. The van der Waals surface area contributed by atoms with Crippen LogP contribution in [0.5, 0.6) is 0 Å². The minimum Gasteiger partial charge on any atom is -0.0996 e. The molecule has 0 radical (unpaired) electrons. The standard InChI is InChI=1S/C10H16/c1-8-7-10(2)5-3-9(8)4-6-10/h9H,1,3-7H2,2H3. The largest absolute Gasteiger partial charge is 0.0996 e. The fourth-order valence-electron chi connectivity index (χ4n) is 2.59. The molecule has 0 aliphatic heterocycles. The second-order valence-electron chi connectivity index (χ2n) is 4.42. The molecule has 3 aliphatic carbocycles.